The first-order chi connectivity index (χ1) is 8.35. The summed E-state index contributed by atoms with van der Waals surface area (Å²) >= 11 is 0. The zero-order chi connectivity index (χ0) is 13.3. The number of nitrogens with zero attached hydrogens (tertiary/aromatic N) is 1. The molecule has 0 aromatic carbocycles. The molecule has 0 aromatic rings. The van der Waals surface area contributed by atoms with Crippen LogP contribution in [-0.2, 0) is 15.0 Å². The van der Waals surface area contributed by atoms with Crippen LogP contribution in [0.1, 0.15) is 32.1 Å². The van der Waals surface area contributed by atoms with E-state index >= 15 is 0 Å². The molecule has 0 aromatic heterocycles. The van der Waals surface area contributed by atoms with E-state index < -0.39 is 21.9 Å². The summed E-state index contributed by atoms with van der Waals surface area (Å²) in [6, 6.07) is 0.366. The van der Waals surface area contributed by atoms with Crippen molar-refractivity contribution in [3.63, 3.8) is 0 Å². The van der Waals surface area contributed by atoms with Gasteiger partial charge in [0.05, 0.1) is 5.75 Å². The van der Waals surface area contributed by atoms with Crippen LogP contribution in [0.4, 0.5) is 3.89 Å². The molecule has 0 radical (unpaired) electrons. The second kappa shape index (κ2) is 5.13. The molecule has 1 heterocycles. The Morgan fingerprint density at radius 2 is 1.89 bits per heavy atom. The van der Waals surface area contributed by atoms with Crippen LogP contribution in [0.15, 0.2) is 0 Å². The lowest BCUT2D eigenvalue weighted by atomic mass is 9.91. The fourth-order valence-electron chi connectivity index (χ4n) is 2.97. The van der Waals surface area contributed by atoms with Crippen molar-refractivity contribution in [1.29, 1.82) is 0 Å². The van der Waals surface area contributed by atoms with Crippen molar-refractivity contribution in [3.8, 4) is 0 Å². The van der Waals surface area contributed by atoms with Gasteiger partial charge in [-0.3, -0.25) is 4.79 Å². The first kappa shape index (κ1) is 13.7. The molecule has 0 spiro atoms. The van der Waals surface area contributed by atoms with Gasteiger partial charge in [-0.15, -0.1) is 3.89 Å². The Kier molecular flexibility index (Phi) is 3.91. The van der Waals surface area contributed by atoms with Crippen LogP contribution in [0.2, 0.25) is 0 Å². The van der Waals surface area contributed by atoms with Crippen LogP contribution in [0.5, 0.6) is 0 Å². The smallest absolute Gasteiger partial charge is 0.302 e. The molecule has 1 atom stereocenters. The molecule has 1 aliphatic heterocycles. The Hall–Kier alpha value is -0.690. The Morgan fingerprint density at radius 1 is 1.28 bits per heavy atom. The highest BCUT2D eigenvalue weighted by Crippen LogP contribution is 2.29. The second-order valence-electron chi connectivity index (χ2n) is 5.39. The van der Waals surface area contributed by atoms with Gasteiger partial charge in [0.25, 0.3) is 0 Å². The molecule has 2 rings (SSSR count). The minimum absolute atomic E-state index is 0.0517. The van der Waals surface area contributed by atoms with Gasteiger partial charge in [-0.25, -0.2) is 0 Å². The van der Waals surface area contributed by atoms with Crippen LogP contribution in [-0.4, -0.2) is 43.6 Å². The minimum Gasteiger partial charge on any atom is -0.339 e. The van der Waals surface area contributed by atoms with Crippen molar-refractivity contribution in [2.24, 2.45) is 11.7 Å². The monoisotopic (exact) mass is 278 g/mol. The Morgan fingerprint density at radius 3 is 2.44 bits per heavy atom. The number of rotatable bonds is 3. The maximum absolute atomic E-state index is 12.6. The molecule has 18 heavy (non-hydrogen) atoms. The largest absolute Gasteiger partial charge is 0.339 e. The SMILES string of the molecule is NC1CCC(N2CC(CS(=O)(=O)F)CC2=O)CC1. The maximum Gasteiger partial charge on any atom is 0.302 e. The van der Waals surface area contributed by atoms with E-state index in [9.17, 15) is 17.1 Å². The van der Waals surface area contributed by atoms with Gasteiger partial charge < -0.3 is 10.6 Å². The summed E-state index contributed by atoms with van der Waals surface area (Å²) < 4.78 is 33.8. The number of carbonyl (C=O) groups is 1. The molecule has 2 N–H and O–H groups in total. The van der Waals surface area contributed by atoms with Crippen LogP contribution in [0.3, 0.4) is 0 Å². The van der Waals surface area contributed by atoms with E-state index in [4.69, 9.17) is 5.73 Å². The number of hydrogen-bond donors (Lipinski definition) is 1. The summed E-state index contributed by atoms with van der Waals surface area (Å²) in [7, 11) is -4.49. The third-order valence-electron chi connectivity index (χ3n) is 3.86. The molecule has 2 aliphatic rings. The summed E-state index contributed by atoms with van der Waals surface area (Å²) in [6.07, 6.45) is 3.65. The second-order valence-corrected chi connectivity index (χ2v) is 6.80. The van der Waals surface area contributed by atoms with Crippen molar-refractivity contribution < 1.29 is 17.1 Å². The highest BCUT2D eigenvalue weighted by molar-refractivity contribution is 7.86. The predicted octanol–water partition coefficient (Wildman–Crippen LogP) is 0.404. The molecule has 1 amide bonds. The number of nitrogens with two attached hydrogens (primary N) is 1. The number of carbonyl (C=O) groups excluding carboxylic acids is 1. The molecule has 2 fully saturated rings. The van der Waals surface area contributed by atoms with Crippen LogP contribution in [0.25, 0.3) is 0 Å². The van der Waals surface area contributed by atoms with Crippen LogP contribution >= 0.6 is 0 Å². The van der Waals surface area contributed by atoms with E-state index in [0.29, 0.717) is 6.54 Å². The Labute approximate surface area is 107 Å². The predicted molar refractivity (Wildman–Crippen MR) is 64.9 cm³/mol. The standard InChI is InChI=1S/C11H19FN2O3S/c12-18(16,17)7-8-5-11(15)14(6-8)10-3-1-9(13)2-4-10/h8-10H,1-7,13H2. The van der Waals surface area contributed by atoms with Gasteiger partial charge in [-0.2, -0.15) is 8.42 Å². The average Bonchev–Trinajstić information content (AvgIpc) is 2.58. The van der Waals surface area contributed by atoms with Gasteiger partial charge >= 0.3 is 10.2 Å². The summed E-state index contributed by atoms with van der Waals surface area (Å²) in [6.45, 7) is 0.363. The van der Waals surface area contributed by atoms with Gasteiger partial charge in [-0.05, 0) is 25.7 Å². The van der Waals surface area contributed by atoms with E-state index in [1.807, 2.05) is 0 Å². The van der Waals surface area contributed by atoms with E-state index in [2.05, 4.69) is 0 Å². The van der Waals surface area contributed by atoms with Crippen molar-refractivity contribution in [3.05, 3.63) is 0 Å². The lowest BCUT2D eigenvalue weighted by Crippen LogP contribution is -2.41. The fourth-order valence-corrected chi connectivity index (χ4v) is 3.75. The average molecular weight is 278 g/mol. The molecule has 0 bridgehead atoms. The molecule has 5 nitrogen and oxygen atoms in total. The van der Waals surface area contributed by atoms with Gasteiger partial charge in [0.2, 0.25) is 5.91 Å². The highest BCUT2D eigenvalue weighted by atomic mass is 32.3. The summed E-state index contributed by atoms with van der Waals surface area (Å²) in [5, 5.41) is 0. The lowest BCUT2D eigenvalue weighted by Gasteiger charge is -2.33. The third kappa shape index (κ3) is 3.41. The molecule has 7 heteroatoms. The van der Waals surface area contributed by atoms with Crippen molar-refractivity contribution in [2.45, 2.75) is 44.2 Å². The first-order valence-corrected chi connectivity index (χ1v) is 7.88. The Bertz CT molecular complexity index is 418. The Balaban J connectivity index is 1.93. The summed E-state index contributed by atoms with van der Waals surface area (Å²) in [5.41, 5.74) is 5.81. The van der Waals surface area contributed by atoms with Crippen molar-refractivity contribution >= 4 is 16.1 Å². The summed E-state index contributed by atoms with van der Waals surface area (Å²) in [5.74, 6) is -0.992. The zero-order valence-corrected chi connectivity index (χ0v) is 11.0. The zero-order valence-electron chi connectivity index (χ0n) is 10.2. The van der Waals surface area contributed by atoms with Gasteiger partial charge in [0.1, 0.15) is 0 Å². The first-order valence-electron chi connectivity index (χ1n) is 6.32. The molecular weight excluding hydrogens is 259 g/mol. The fraction of sp³-hybridized carbons (Fsp3) is 0.909. The van der Waals surface area contributed by atoms with Gasteiger partial charge in [-0.1, -0.05) is 0 Å². The van der Waals surface area contributed by atoms with Crippen LogP contribution < -0.4 is 5.73 Å². The van der Waals surface area contributed by atoms with E-state index in [1.165, 1.54) is 0 Å². The topological polar surface area (TPSA) is 80.5 Å². The number of halogens is 1. The number of likely N-dealkylation sites (tertiary alicyclic amines) is 1. The van der Waals surface area contributed by atoms with Gasteiger partial charge in [0.15, 0.2) is 0 Å². The van der Waals surface area contributed by atoms with E-state index in [1.54, 1.807) is 4.90 Å². The molecular formula is C11H19FN2O3S. The number of hydrogen-bond acceptors (Lipinski definition) is 4. The van der Waals surface area contributed by atoms with Crippen molar-refractivity contribution in [2.75, 3.05) is 12.3 Å². The van der Waals surface area contributed by atoms with E-state index in [-0.39, 0.29) is 24.4 Å². The van der Waals surface area contributed by atoms with Gasteiger partial charge in [0, 0.05) is 31.0 Å². The molecule has 1 saturated carbocycles. The molecule has 1 saturated heterocycles. The minimum atomic E-state index is -4.49. The summed E-state index contributed by atoms with van der Waals surface area (Å²) in [4.78, 5) is 13.6. The number of amides is 1. The van der Waals surface area contributed by atoms with E-state index in [0.717, 1.165) is 25.7 Å². The van der Waals surface area contributed by atoms with Crippen LogP contribution in [0, 0.1) is 5.92 Å². The normalized spacial score (nSPS) is 34.0. The quantitative estimate of drug-likeness (QED) is 0.758. The van der Waals surface area contributed by atoms with Crippen molar-refractivity contribution in [1.82, 2.24) is 4.90 Å². The molecule has 1 unspecified atom stereocenters. The lowest BCUT2D eigenvalue weighted by molar-refractivity contribution is -0.130. The molecule has 104 valence electrons. The third-order valence-corrected chi connectivity index (χ3v) is 4.73. The maximum atomic E-state index is 12.6. The highest BCUT2D eigenvalue weighted by Gasteiger charge is 2.37. The molecule has 1 aliphatic carbocycles.